The van der Waals surface area contributed by atoms with Crippen molar-refractivity contribution in [1.82, 2.24) is 0 Å². The number of hydrogen-bond donors (Lipinski definition) is 0. The van der Waals surface area contributed by atoms with Crippen molar-refractivity contribution in [2.75, 3.05) is 0 Å². The monoisotopic (exact) mass is 232 g/mol. The van der Waals surface area contributed by atoms with Crippen molar-refractivity contribution in [3.8, 4) is 0 Å². The minimum Gasteiger partial charge on any atom is -0.456 e. The van der Waals surface area contributed by atoms with Crippen molar-refractivity contribution in [3.05, 3.63) is 35.9 Å². The van der Waals surface area contributed by atoms with Gasteiger partial charge in [-0.1, -0.05) is 53.5 Å². The number of halogens is 2. The van der Waals surface area contributed by atoms with Gasteiger partial charge in [0.05, 0.1) is 0 Å². The molecule has 76 valence electrons. The molecular formula is C10H10Cl2O2. The first-order valence-corrected chi connectivity index (χ1v) is 5.02. The second-order valence-corrected chi connectivity index (χ2v) is 3.89. The van der Waals surface area contributed by atoms with E-state index < -0.39 is 10.8 Å². The molecule has 0 heterocycles. The topological polar surface area (TPSA) is 26.3 Å². The SMILES string of the molecule is CC(OC(=O)C(Cl)Cl)c1ccccc1. The minimum absolute atomic E-state index is 0.330. The molecule has 0 amide bonds. The first-order valence-electron chi connectivity index (χ1n) is 4.15. The first-order chi connectivity index (χ1) is 6.61. The van der Waals surface area contributed by atoms with Gasteiger partial charge in [0, 0.05) is 0 Å². The molecule has 1 unspecified atom stereocenters. The largest absolute Gasteiger partial charge is 0.456 e. The van der Waals surface area contributed by atoms with Gasteiger partial charge in [-0.2, -0.15) is 0 Å². The predicted octanol–water partition coefficient (Wildman–Crippen LogP) is 3.09. The summed E-state index contributed by atoms with van der Waals surface area (Å²) in [5.74, 6) is -0.621. The van der Waals surface area contributed by atoms with Gasteiger partial charge in [0.25, 0.3) is 0 Å². The van der Waals surface area contributed by atoms with Gasteiger partial charge < -0.3 is 4.74 Å². The Bertz CT molecular complexity index is 298. The van der Waals surface area contributed by atoms with Gasteiger partial charge in [0.1, 0.15) is 6.10 Å². The molecule has 0 fully saturated rings. The lowest BCUT2D eigenvalue weighted by Crippen LogP contribution is -2.14. The smallest absolute Gasteiger partial charge is 0.340 e. The Morgan fingerprint density at radius 1 is 1.29 bits per heavy atom. The van der Waals surface area contributed by atoms with E-state index in [9.17, 15) is 4.79 Å². The van der Waals surface area contributed by atoms with Crippen LogP contribution >= 0.6 is 23.2 Å². The lowest BCUT2D eigenvalue weighted by molar-refractivity contribution is -0.146. The van der Waals surface area contributed by atoms with E-state index in [0.29, 0.717) is 0 Å². The van der Waals surface area contributed by atoms with Crippen LogP contribution in [0.4, 0.5) is 0 Å². The van der Waals surface area contributed by atoms with Crippen molar-refractivity contribution in [3.63, 3.8) is 0 Å². The van der Waals surface area contributed by atoms with Crippen LogP contribution in [0.1, 0.15) is 18.6 Å². The van der Waals surface area contributed by atoms with Crippen molar-refractivity contribution in [2.45, 2.75) is 17.9 Å². The fourth-order valence-electron chi connectivity index (χ4n) is 1.02. The van der Waals surface area contributed by atoms with Crippen LogP contribution in [0, 0.1) is 0 Å². The number of benzene rings is 1. The average Bonchev–Trinajstić information content (AvgIpc) is 2.19. The molecule has 0 N–H and O–H groups in total. The standard InChI is InChI=1S/C10H10Cl2O2/c1-7(14-10(13)9(11)12)8-5-3-2-4-6-8/h2-7,9H,1H3. The Balaban J connectivity index is 2.59. The zero-order valence-electron chi connectivity index (χ0n) is 7.61. The van der Waals surface area contributed by atoms with Crippen molar-refractivity contribution in [2.24, 2.45) is 0 Å². The Labute approximate surface area is 92.8 Å². The van der Waals surface area contributed by atoms with E-state index in [1.165, 1.54) is 0 Å². The fraction of sp³-hybridized carbons (Fsp3) is 0.300. The number of carbonyl (C=O) groups is 1. The maximum atomic E-state index is 11.0. The number of esters is 1. The highest BCUT2D eigenvalue weighted by atomic mass is 35.5. The van der Waals surface area contributed by atoms with Crippen molar-refractivity contribution >= 4 is 29.2 Å². The van der Waals surface area contributed by atoms with E-state index >= 15 is 0 Å². The molecule has 4 heteroatoms. The highest BCUT2D eigenvalue weighted by Crippen LogP contribution is 2.18. The van der Waals surface area contributed by atoms with Gasteiger partial charge in [-0.3, -0.25) is 0 Å². The first kappa shape index (κ1) is 11.3. The molecule has 0 bridgehead atoms. The molecule has 0 aromatic heterocycles. The van der Waals surface area contributed by atoms with Gasteiger partial charge in [-0.15, -0.1) is 0 Å². The van der Waals surface area contributed by atoms with Gasteiger partial charge in [-0.05, 0) is 12.5 Å². The van der Waals surface area contributed by atoms with E-state index in [1.807, 2.05) is 30.3 Å². The number of alkyl halides is 2. The van der Waals surface area contributed by atoms with Crippen LogP contribution in [0.2, 0.25) is 0 Å². The molecule has 0 aliphatic rings. The molecule has 0 aliphatic carbocycles. The number of ether oxygens (including phenoxy) is 1. The van der Waals surface area contributed by atoms with Crippen LogP contribution in [0.5, 0.6) is 0 Å². The molecule has 0 saturated heterocycles. The van der Waals surface area contributed by atoms with Gasteiger partial charge in [0.15, 0.2) is 0 Å². The molecule has 1 aromatic rings. The average molecular weight is 233 g/mol. The summed E-state index contributed by atoms with van der Waals surface area (Å²) in [6, 6.07) is 9.38. The normalized spacial score (nSPS) is 12.6. The molecule has 0 saturated carbocycles. The highest BCUT2D eigenvalue weighted by Gasteiger charge is 2.17. The number of rotatable bonds is 3. The van der Waals surface area contributed by atoms with E-state index in [-0.39, 0.29) is 6.10 Å². The summed E-state index contributed by atoms with van der Waals surface area (Å²) in [6.07, 6.45) is -0.330. The van der Waals surface area contributed by atoms with Crippen LogP contribution in [0.25, 0.3) is 0 Å². The Morgan fingerprint density at radius 3 is 2.36 bits per heavy atom. The summed E-state index contributed by atoms with van der Waals surface area (Å²) in [6.45, 7) is 1.77. The second kappa shape index (κ2) is 5.23. The van der Waals surface area contributed by atoms with E-state index in [1.54, 1.807) is 6.92 Å². The Morgan fingerprint density at radius 2 is 1.86 bits per heavy atom. The number of hydrogen-bond acceptors (Lipinski definition) is 2. The third-order valence-electron chi connectivity index (χ3n) is 1.74. The van der Waals surface area contributed by atoms with Crippen LogP contribution < -0.4 is 0 Å². The third kappa shape index (κ3) is 3.20. The molecule has 0 spiro atoms. The highest BCUT2D eigenvalue weighted by molar-refractivity contribution is 6.52. The summed E-state index contributed by atoms with van der Waals surface area (Å²) in [5, 5.41) is 0. The molecule has 1 rings (SSSR count). The lowest BCUT2D eigenvalue weighted by Gasteiger charge is -2.13. The third-order valence-corrected chi connectivity index (χ3v) is 2.10. The molecule has 1 atom stereocenters. The Hall–Kier alpha value is -0.730. The molecule has 1 aromatic carbocycles. The molecular weight excluding hydrogens is 223 g/mol. The molecule has 14 heavy (non-hydrogen) atoms. The summed E-state index contributed by atoms with van der Waals surface area (Å²) in [5.41, 5.74) is 0.912. The van der Waals surface area contributed by atoms with Gasteiger partial charge in [-0.25, -0.2) is 4.79 Å². The summed E-state index contributed by atoms with van der Waals surface area (Å²) in [7, 11) is 0. The van der Waals surface area contributed by atoms with Crippen molar-refractivity contribution < 1.29 is 9.53 Å². The van der Waals surface area contributed by atoms with Crippen LogP contribution in [0.3, 0.4) is 0 Å². The molecule has 2 nitrogen and oxygen atoms in total. The fourth-order valence-corrected chi connectivity index (χ4v) is 1.12. The number of carbonyl (C=O) groups excluding carboxylic acids is 1. The van der Waals surface area contributed by atoms with Crippen LogP contribution in [-0.4, -0.2) is 10.8 Å². The van der Waals surface area contributed by atoms with Crippen molar-refractivity contribution in [1.29, 1.82) is 0 Å². The quantitative estimate of drug-likeness (QED) is 0.592. The van der Waals surface area contributed by atoms with Crippen LogP contribution in [-0.2, 0) is 9.53 Å². The van der Waals surface area contributed by atoms with Gasteiger partial charge >= 0.3 is 5.97 Å². The second-order valence-electron chi connectivity index (χ2n) is 2.79. The lowest BCUT2D eigenvalue weighted by atomic mass is 10.1. The summed E-state index contributed by atoms with van der Waals surface area (Å²) >= 11 is 10.7. The van der Waals surface area contributed by atoms with E-state index in [2.05, 4.69) is 0 Å². The zero-order chi connectivity index (χ0) is 10.6. The summed E-state index contributed by atoms with van der Waals surface area (Å²) in [4.78, 5) is 9.92. The Kier molecular flexibility index (Phi) is 4.23. The predicted molar refractivity (Wildman–Crippen MR) is 56.4 cm³/mol. The van der Waals surface area contributed by atoms with E-state index in [0.717, 1.165) is 5.56 Å². The van der Waals surface area contributed by atoms with E-state index in [4.69, 9.17) is 27.9 Å². The van der Waals surface area contributed by atoms with Crippen LogP contribution in [0.15, 0.2) is 30.3 Å². The zero-order valence-corrected chi connectivity index (χ0v) is 9.13. The minimum atomic E-state index is -1.12. The molecule has 0 radical (unpaired) electrons. The van der Waals surface area contributed by atoms with Gasteiger partial charge in [0.2, 0.25) is 4.84 Å². The maximum Gasteiger partial charge on any atom is 0.340 e. The summed E-state index contributed by atoms with van der Waals surface area (Å²) < 4.78 is 5.00. The molecule has 0 aliphatic heterocycles. The maximum absolute atomic E-state index is 11.0.